The Morgan fingerprint density at radius 3 is 2.27 bits per heavy atom. The van der Waals surface area contributed by atoms with Crippen molar-refractivity contribution in [1.82, 2.24) is 0 Å². The molecule has 0 spiro atoms. The molecule has 4 rings (SSSR count). The minimum atomic E-state index is -0.629. The lowest BCUT2D eigenvalue weighted by Gasteiger charge is -2.08. The number of hydrogen-bond donors (Lipinski definition) is 1. The van der Waals surface area contributed by atoms with Crippen LogP contribution in [0, 0.1) is 0 Å². The van der Waals surface area contributed by atoms with E-state index in [-0.39, 0.29) is 18.3 Å². The normalized spacial score (nSPS) is 10.6. The summed E-state index contributed by atoms with van der Waals surface area (Å²) >= 11 is 0. The highest BCUT2D eigenvalue weighted by molar-refractivity contribution is 6.13. The van der Waals surface area contributed by atoms with Crippen LogP contribution in [0.3, 0.4) is 0 Å². The highest BCUT2D eigenvalue weighted by Crippen LogP contribution is 2.32. The summed E-state index contributed by atoms with van der Waals surface area (Å²) in [5.74, 6) is 0.279. The Morgan fingerprint density at radius 1 is 0.867 bits per heavy atom. The molecule has 0 radical (unpaired) electrons. The van der Waals surface area contributed by atoms with Crippen molar-refractivity contribution in [2.24, 2.45) is 0 Å². The average molecular weight is 401 g/mol. The fourth-order valence-corrected chi connectivity index (χ4v) is 2.99. The molecule has 0 aliphatic heterocycles. The number of anilines is 1. The van der Waals surface area contributed by atoms with Gasteiger partial charge in [0.15, 0.2) is 0 Å². The van der Waals surface area contributed by atoms with Crippen LogP contribution in [-0.2, 0) is 4.74 Å². The fourth-order valence-electron chi connectivity index (χ4n) is 2.99. The van der Waals surface area contributed by atoms with Gasteiger partial charge < -0.3 is 19.2 Å². The van der Waals surface area contributed by atoms with E-state index in [9.17, 15) is 9.59 Å². The maximum absolute atomic E-state index is 12.8. The van der Waals surface area contributed by atoms with Gasteiger partial charge in [0, 0.05) is 10.9 Å². The van der Waals surface area contributed by atoms with Crippen LogP contribution in [0.1, 0.15) is 27.8 Å². The number of nitrogens with one attached hydrogen (secondary N) is 1. The highest BCUT2D eigenvalue weighted by atomic mass is 16.5. The summed E-state index contributed by atoms with van der Waals surface area (Å²) in [4.78, 5) is 25.1. The standard InChI is InChI=1S/C24H19NO5/c1-2-28-24(27)22-21(19-10-6-7-11-20(19)30-22)25-23(26)16-12-14-18(15-13-16)29-17-8-4-3-5-9-17/h3-15H,2H2,1H3,(H,25,26). The zero-order valence-electron chi connectivity index (χ0n) is 16.3. The van der Waals surface area contributed by atoms with E-state index in [4.69, 9.17) is 13.9 Å². The first-order chi connectivity index (χ1) is 14.7. The van der Waals surface area contributed by atoms with Crippen molar-refractivity contribution in [2.45, 2.75) is 6.92 Å². The smallest absolute Gasteiger partial charge is 0.376 e. The molecule has 0 aliphatic rings. The minimum absolute atomic E-state index is 0.0320. The summed E-state index contributed by atoms with van der Waals surface area (Å²) in [6, 6.07) is 23.2. The van der Waals surface area contributed by atoms with E-state index in [2.05, 4.69) is 5.32 Å². The largest absolute Gasteiger partial charge is 0.460 e. The molecule has 0 saturated heterocycles. The SMILES string of the molecule is CCOC(=O)c1oc2ccccc2c1NC(=O)c1ccc(Oc2ccccc2)cc1. The summed E-state index contributed by atoms with van der Waals surface area (Å²) < 4.78 is 16.4. The second-order valence-corrected chi connectivity index (χ2v) is 6.42. The number of fused-ring (bicyclic) bond motifs is 1. The van der Waals surface area contributed by atoms with Gasteiger partial charge in [-0.2, -0.15) is 0 Å². The molecule has 0 bridgehead atoms. The predicted octanol–water partition coefficient (Wildman–Crippen LogP) is 5.65. The quantitative estimate of drug-likeness (QED) is 0.422. The van der Waals surface area contributed by atoms with Gasteiger partial charge >= 0.3 is 5.97 Å². The molecular weight excluding hydrogens is 382 g/mol. The molecular formula is C24H19NO5. The van der Waals surface area contributed by atoms with Gasteiger partial charge in [0.05, 0.1) is 6.61 Å². The first-order valence-electron chi connectivity index (χ1n) is 9.48. The number of ether oxygens (including phenoxy) is 2. The molecule has 1 heterocycles. The number of carbonyl (C=O) groups excluding carboxylic acids is 2. The van der Waals surface area contributed by atoms with Crippen LogP contribution in [0.15, 0.2) is 83.3 Å². The Hall–Kier alpha value is -4.06. The van der Waals surface area contributed by atoms with E-state index >= 15 is 0 Å². The zero-order valence-corrected chi connectivity index (χ0v) is 16.3. The predicted molar refractivity (Wildman–Crippen MR) is 113 cm³/mol. The first-order valence-corrected chi connectivity index (χ1v) is 9.48. The van der Waals surface area contributed by atoms with Crippen molar-refractivity contribution in [3.8, 4) is 11.5 Å². The summed E-state index contributed by atoms with van der Waals surface area (Å²) in [7, 11) is 0. The number of hydrogen-bond acceptors (Lipinski definition) is 5. The number of benzene rings is 3. The van der Waals surface area contributed by atoms with Gasteiger partial charge in [0.25, 0.3) is 5.91 Å². The second-order valence-electron chi connectivity index (χ2n) is 6.42. The van der Waals surface area contributed by atoms with Crippen molar-refractivity contribution in [3.63, 3.8) is 0 Å². The molecule has 0 unspecified atom stereocenters. The molecule has 150 valence electrons. The van der Waals surface area contributed by atoms with E-state index in [1.54, 1.807) is 55.5 Å². The molecule has 3 aromatic carbocycles. The summed E-state index contributed by atoms with van der Waals surface area (Å²) in [6.07, 6.45) is 0. The van der Waals surface area contributed by atoms with Crippen molar-refractivity contribution >= 4 is 28.5 Å². The lowest BCUT2D eigenvalue weighted by molar-refractivity contribution is 0.0494. The topological polar surface area (TPSA) is 77.8 Å². The number of amides is 1. The van der Waals surface area contributed by atoms with Gasteiger partial charge in [-0.3, -0.25) is 4.79 Å². The van der Waals surface area contributed by atoms with E-state index in [0.717, 1.165) is 0 Å². The Balaban J connectivity index is 1.57. The van der Waals surface area contributed by atoms with Crippen molar-refractivity contribution in [3.05, 3.63) is 90.2 Å². The lowest BCUT2D eigenvalue weighted by atomic mass is 10.1. The Morgan fingerprint density at radius 2 is 1.53 bits per heavy atom. The third-order valence-electron chi connectivity index (χ3n) is 4.39. The molecule has 1 N–H and O–H groups in total. The second kappa shape index (κ2) is 8.53. The molecule has 6 nitrogen and oxygen atoms in total. The van der Waals surface area contributed by atoms with Crippen LogP contribution >= 0.6 is 0 Å². The molecule has 0 aliphatic carbocycles. The Kier molecular flexibility index (Phi) is 5.48. The van der Waals surface area contributed by atoms with Crippen molar-refractivity contribution in [1.29, 1.82) is 0 Å². The molecule has 0 fully saturated rings. The van der Waals surface area contributed by atoms with Gasteiger partial charge in [-0.05, 0) is 55.5 Å². The Labute approximate surface area is 173 Å². The minimum Gasteiger partial charge on any atom is -0.460 e. The average Bonchev–Trinajstić information content (AvgIpc) is 3.14. The van der Waals surface area contributed by atoms with E-state index in [0.29, 0.717) is 33.7 Å². The molecule has 0 atom stereocenters. The third kappa shape index (κ3) is 4.03. The highest BCUT2D eigenvalue weighted by Gasteiger charge is 2.23. The number of esters is 1. The van der Waals surface area contributed by atoms with Gasteiger partial charge in [-0.1, -0.05) is 30.3 Å². The molecule has 30 heavy (non-hydrogen) atoms. The van der Waals surface area contributed by atoms with E-state index in [1.807, 2.05) is 30.3 Å². The summed E-state index contributed by atoms with van der Waals surface area (Å²) in [6.45, 7) is 1.91. The molecule has 4 aromatic rings. The maximum atomic E-state index is 12.8. The third-order valence-corrected chi connectivity index (χ3v) is 4.39. The van der Waals surface area contributed by atoms with Crippen LogP contribution in [0.25, 0.3) is 11.0 Å². The number of para-hydroxylation sites is 2. The van der Waals surface area contributed by atoms with Gasteiger partial charge in [0.2, 0.25) is 5.76 Å². The number of rotatable bonds is 6. The number of carbonyl (C=O) groups is 2. The van der Waals surface area contributed by atoms with Crippen LogP contribution in [-0.4, -0.2) is 18.5 Å². The number of furan rings is 1. The molecule has 6 heteroatoms. The fraction of sp³-hybridized carbons (Fsp3) is 0.0833. The van der Waals surface area contributed by atoms with Gasteiger partial charge in [-0.15, -0.1) is 0 Å². The Bertz CT molecular complexity index is 1180. The van der Waals surface area contributed by atoms with E-state index in [1.165, 1.54) is 0 Å². The molecule has 1 amide bonds. The summed E-state index contributed by atoms with van der Waals surface area (Å²) in [5, 5.41) is 3.41. The summed E-state index contributed by atoms with van der Waals surface area (Å²) in [5.41, 5.74) is 1.19. The zero-order chi connectivity index (χ0) is 20.9. The maximum Gasteiger partial charge on any atom is 0.376 e. The van der Waals surface area contributed by atoms with Crippen LogP contribution in [0.4, 0.5) is 5.69 Å². The van der Waals surface area contributed by atoms with E-state index < -0.39 is 5.97 Å². The first kappa shape index (κ1) is 19.3. The van der Waals surface area contributed by atoms with Gasteiger partial charge in [-0.25, -0.2) is 4.79 Å². The van der Waals surface area contributed by atoms with Crippen molar-refractivity contribution < 1.29 is 23.5 Å². The molecule has 1 aromatic heterocycles. The lowest BCUT2D eigenvalue weighted by Crippen LogP contribution is -2.14. The molecule has 0 saturated carbocycles. The van der Waals surface area contributed by atoms with Gasteiger partial charge in [0.1, 0.15) is 22.8 Å². The van der Waals surface area contributed by atoms with Crippen molar-refractivity contribution in [2.75, 3.05) is 11.9 Å². The van der Waals surface area contributed by atoms with Crippen LogP contribution in [0.2, 0.25) is 0 Å². The van der Waals surface area contributed by atoms with Crippen LogP contribution < -0.4 is 10.1 Å². The van der Waals surface area contributed by atoms with Crippen LogP contribution in [0.5, 0.6) is 11.5 Å². The monoisotopic (exact) mass is 401 g/mol.